The summed E-state index contributed by atoms with van der Waals surface area (Å²) in [6.45, 7) is 6.01. The maximum Gasteiger partial charge on any atom is 0.335 e. The lowest BCUT2D eigenvalue weighted by Crippen LogP contribution is -2.01. The molecule has 2 aromatic heterocycles. The van der Waals surface area contributed by atoms with E-state index in [9.17, 15) is 9.90 Å². The van der Waals surface area contributed by atoms with E-state index < -0.39 is 5.97 Å². The van der Waals surface area contributed by atoms with Crippen molar-refractivity contribution in [2.24, 2.45) is 0 Å². The molecule has 0 radical (unpaired) electrons. The van der Waals surface area contributed by atoms with Crippen molar-refractivity contribution < 1.29 is 9.90 Å². The van der Waals surface area contributed by atoms with Gasteiger partial charge in [-0.05, 0) is 50.1 Å². The number of rotatable bonds is 5. The Morgan fingerprint density at radius 3 is 2.48 bits per heavy atom. The smallest absolute Gasteiger partial charge is 0.335 e. The normalized spacial score (nSPS) is 10.6. The molecule has 0 saturated heterocycles. The number of carbonyl (C=O) groups is 1. The van der Waals surface area contributed by atoms with E-state index >= 15 is 0 Å². The molecule has 0 aromatic carbocycles. The van der Waals surface area contributed by atoms with Crippen LogP contribution < -0.4 is 0 Å². The van der Waals surface area contributed by atoms with E-state index in [1.807, 2.05) is 32.9 Å². The van der Waals surface area contributed by atoms with Gasteiger partial charge in [-0.1, -0.05) is 25.1 Å². The molecule has 0 aliphatic heterocycles. The molecule has 0 aliphatic rings. The minimum absolute atomic E-state index is 0.278. The minimum atomic E-state index is -0.926. The Bertz CT molecular complexity index is 651. The van der Waals surface area contributed by atoms with E-state index in [1.165, 1.54) is 11.8 Å². The number of pyridine rings is 2. The highest BCUT2D eigenvalue weighted by atomic mass is 32.2. The third kappa shape index (κ3) is 4.29. The lowest BCUT2D eigenvalue weighted by molar-refractivity contribution is 0.0696. The van der Waals surface area contributed by atoms with Crippen LogP contribution in [-0.4, -0.2) is 21.0 Å². The SMILES string of the molecule is CCCc1cc(C(=O)O)cc(Sc2cc(C)cc(C)n2)n1. The van der Waals surface area contributed by atoms with Crippen molar-refractivity contribution in [2.75, 3.05) is 0 Å². The van der Waals surface area contributed by atoms with Gasteiger partial charge in [0, 0.05) is 11.4 Å². The molecule has 1 N–H and O–H groups in total. The summed E-state index contributed by atoms with van der Waals surface area (Å²) in [5, 5.41) is 10.7. The summed E-state index contributed by atoms with van der Waals surface area (Å²) in [6.07, 6.45) is 1.71. The van der Waals surface area contributed by atoms with Crippen LogP contribution in [0.3, 0.4) is 0 Å². The maximum atomic E-state index is 11.2. The fraction of sp³-hybridized carbons (Fsp3) is 0.312. The molecule has 4 nitrogen and oxygen atoms in total. The molecule has 110 valence electrons. The molecule has 2 aromatic rings. The monoisotopic (exact) mass is 302 g/mol. The van der Waals surface area contributed by atoms with Crippen LogP contribution in [0.4, 0.5) is 0 Å². The van der Waals surface area contributed by atoms with Gasteiger partial charge in [0.05, 0.1) is 5.56 Å². The lowest BCUT2D eigenvalue weighted by Gasteiger charge is -2.07. The molecule has 0 aliphatic carbocycles. The number of aryl methyl sites for hydroxylation is 3. The van der Waals surface area contributed by atoms with E-state index in [4.69, 9.17) is 0 Å². The molecule has 2 rings (SSSR count). The zero-order valence-electron chi connectivity index (χ0n) is 12.4. The Kier molecular flexibility index (Phi) is 4.96. The number of hydrogen-bond acceptors (Lipinski definition) is 4. The van der Waals surface area contributed by atoms with E-state index in [2.05, 4.69) is 9.97 Å². The minimum Gasteiger partial charge on any atom is -0.478 e. The number of aromatic carboxylic acids is 1. The van der Waals surface area contributed by atoms with Gasteiger partial charge >= 0.3 is 5.97 Å². The van der Waals surface area contributed by atoms with Gasteiger partial charge in [-0.3, -0.25) is 0 Å². The first-order valence-corrected chi connectivity index (χ1v) is 7.67. The number of carboxylic acids is 1. The van der Waals surface area contributed by atoms with Crippen molar-refractivity contribution in [3.8, 4) is 0 Å². The van der Waals surface area contributed by atoms with Crippen LogP contribution in [0, 0.1) is 13.8 Å². The summed E-state index contributed by atoms with van der Waals surface area (Å²) in [5.41, 5.74) is 3.17. The Morgan fingerprint density at radius 1 is 1.14 bits per heavy atom. The second-order valence-corrected chi connectivity index (χ2v) is 6.01. The molecule has 0 amide bonds. The van der Waals surface area contributed by atoms with Crippen LogP contribution in [0.2, 0.25) is 0 Å². The first-order chi connectivity index (χ1) is 9.97. The summed E-state index contributed by atoms with van der Waals surface area (Å²) >= 11 is 1.40. The molecule has 0 spiro atoms. The number of carboxylic acid groups (broad SMARTS) is 1. The molecule has 0 unspecified atom stereocenters. The lowest BCUT2D eigenvalue weighted by atomic mass is 10.2. The van der Waals surface area contributed by atoms with Crippen molar-refractivity contribution in [2.45, 2.75) is 43.7 Å². The predicted molar refractivity (Wildman–Crippen MR) is 83.0 cm³/mol. The van der Waals surface area contributed by atoms with Crippen LogP contribution in [0.5, 0.6) is 0 Å². The third-order valence-corrected chi connectivity index (χ3v) is 3.73. The van der Waals surface area contributed by atoms with Crippen LogP contribution in [0.15, 0.2) is 34.3 Å². The zero-order chi connectivity index (χ0) is 15.4. The summed E-state index contributed by atoms with van der Waals surface area (Å²) < 4.78 is 0. The van der Waals surface area contributed by atoms with Crippen LogP contribution >= 0.6 is 11.8 Å². The topological polar surface area (TPSA) is 63.1 Å². The third-order valence-electron chi connectivity index (χ3n) is 2.89. The molecule has 0 bridgehead atoms. The molecular formula is C16H18N2O2S. The second-order valence-electron chi connectivity index (χ2n) is 4.97. The molecule has 0 fully saturated rings. The summed E-state index contributed by atoms with van der Waals surface area (Å²) in [6, 6.07) is 7.23. The molecular weight excluding hydrogens is 284 g/mol. The molecule has 21 heavy (non-hydrogen) atoms. The van der Waals surface area contributed by atoms with Gasteiger partial charge in [0.1, 0.15) is 10.1 Å². The highest BCUT2D eigenvalue weighted by Crippen LogP contribution is 2.27. The fourth-order valence-corrected chi connectivity index (χ4v) is 3.08. The van der Waals surface area contributed by atoms with E-state index in [-0.39, 0.29) is 5.56 Å². The quantitative estimate of drug-likeness (QED) is 0.907. The number of hydrogen-bond donors (Lipinski definition) is 1. The van der Waals surface area contributed by atoms with E-state index in [0.717, 1.165) is 34.8 Å². The Balaban J connectivity index is 2.35. The maximum absolute atomic E-state index is 11.2. The number of aromatic nitrogens is 2. The standard InChI is InChI=1S/C16H18N2O2S/c1-4-5-13-8-12(16(19)20)9-15(18-13)21-14-7-10(2)6-11(3)17-14/h6-9H,4-5H2,1-3H3,(H,19,20). The van der Waals surface area contributed by atoms with Crippen molar-refractivity contribution >= 4 is 17.7 Å². The predicted octanol–water partition coefficient (Wildman–Crippen LogP) is 3.90. The van der Waals surface area contributed by atoms with Crippen LogP contribution in [0.1, 0.15) is 40.7 Å². The Morgan fingerprint density at radius 2 is 1.86 bits per heavy atom. The summed E-state index contributed by atoms with van der Waals surface area (Å²) in [5.74, 6) is -0.926. The van der Waals surface area contributed by atoms with Crippen molar-refractivity contribution in [3.63, 3.8) is 0 Å². The largest absolute Gasteiger partial charge is 0.478 e. The summed E-state index contributed by atoms with van der Waals surface area (Å²) in [4.78, 5) is 20.2. The molecule has 5 heteroatoms. The average Bonchev–Trinajstić information content (AvgIpc) is 2.37. The van der Waals surface area contributed by atoms with Gasteiger partial charge in [-0.15, -0.1) is 0 Å². The first kappa shape index (κ1) is 15.5. The Hall–Kier alpha value is -1.88. The van der Waals surface area contributed by atoms with Crippen molar-refractivity contribution in [1.29, 1.82) is 0 Å². The van der Waals surface area contributed by atoms with E-state index in [0.29, 0.717) is 5.03 Å². The van der Waals surface area contributed by atoms with Gasteiger partial charge < -0.3 is 5.11 Å². The molecule has 0 saturated carbocycles. The van der Waals surface area contributed by atoms with Crippen molar-refractivity contribution in [3.05, 3.63) is 46.8 Å². The van der Waals surface area contributed by atoms with Gasteiger partial charge in [-0.2, -0.15) is 0 Å². The second kappa shape index (κ2) is 6.72. The van der Waals surface area contributed by atoms with Gasteiger partial charge in [0.25, 0.3) is 0 Å². The molecule has 0 atom stereocenters. The summed E-state index contributed by atoms with van der Waals surface area (Å²) in [7, 11) is 0. The van der Waals surface area contributed by atoms with Crippen LogP contribution in [0.25, 0.3) is 0 Å². The zero-order valence-corrected chi connectivity index (χ0v) is 13.2. The van der Waals surface area contributed by atoms with Gasteiger partial charge in [0.2, 0.25) is 0 Å². The highest BCUT2D eigenvalue weighted by Gasteiger charge is 2.10. The van der Waals surface area contributed by atoms with Gasteiger partial charge in [-0.25, -0.2) is 14.8 Å². The van der Waals surface area contributed by atoms with E-state index in [1.54, 1.807) is 12.1 Å². The Labute approximate surface area is 128 Å². The van der Waals surface area contributed by atoms with Crippen LogP contribution in [-0.2, 0) is 6.42 Å². The number of nitrogens with zero attached hydrogens (tertiary/aromatic N) is 2. The highest BCUT2D eigenvalue weighted by molar-refractivity contribution is 7.99. The first-order valence-electron chi connectivity index (χ1n) is 6.85. The van der Waals surface area contributed by atoms with Crippen molar-refractivity contribution in [1.82, 2.24) is 9.97 Å². The molecule has 2 heterocycles. The fourth-order valence-electron chi connectivity index (χ4n) is 2.08. The average molecular weight is 302 g/mol. The van der Waals surface area contributed by atoms with Gasteiger partial charge in [0.15, 0.2) is 0 Å².